The summed E-state index contributed by atoms with van der Waals surface area (Å²) in [5, 5.41) is 0. The molecule has 0 aliphatic carbocycles. The highest BCUT2D eigenvalue weighted by atomic mass is 19.1. The first kappa shape index (κ1) is 21.5. The van der Waals surface area contributed by atoms with Crippen LogP contribution in [0.3, 0.4) is 0 Å². The maximum absolute atomic E-state index is 14.6. The van der Waals surface area contributed by atoms with Crippen LogP contribution in [0.4, 0.5) is 10.3 Å². The van der Waals surface area contributed by atoms with E-state index in [0.717, 1.165) is 5.56 Å². The van der Waals surface area contributed by atoms with Gasteiger partial charge >= 0.3 is 0 Å². The molecule has 2 heterocycles. The van der Waals surface area contributed by atoms with E-state index in [9.17, 15) is 9.18 Å². The minimum atomic E-state index is -0.551. The lowest BCUT2D eigenvalue weighted by Crippen LogP contribution is -2.43. The van der Waals surface area contributed by atoms with Gasteiger partial charge in [-0.15, -0.1) is 0 Å². The number of carbonyl (C=O) groups is 1. The largest absolute Gasteiger partial charge is 0.476 e. The molecule has 0 radical (unpaired) electrons. The summed E-state index contributed by atoms with van der Waals surface area (Å²) in [6, 6.07) is 9.45. The molecular weight excluding hydrogens is 387 g/mol. The Morgan fingerprint density at radius 2 is 1.97 bits per heavy atom. The van der Waals surface area contributed by atoms with Gasteiger partial charge in [0.05, 0.1) is 24.8 Å². The van der Waals surface area contributed by atoms with Crippen molar-refractivity contribution in [2.24, 2.45) is 10.7 Å². The average molecular weight is 414 g/mol. The van der Waals surface area contributed by atoms with Crippen LogP contribution in [0.15, 0.2) is 35.3 Å². The number of aliphatic imine (C=N–C) groups is 1. The van der Waals surface area contributed by atoms with Crippen LogP contribution < -0.4 is 15.4 Å². The number of halogens is 1. The fraction of sp³-hybridized carbons (Fsp3) is 0.429. The maximum atomic E-state index is 14.6. The molecule has 0 saturated heterocycles. The van der Waals surface area contributed by atoms with E-state index in [1.54, 1.807) is 14.0 Å². The third kappa shape index (κ3) is 4.50. The number of rotatable bonds is 5. The van der Waals surface area contributed by atoms with Gasteiger partial charge in [-0.2, -0.15) is 9.37 Å². The molecule has 1 aromatic carbocycles. The molecule has 1 aliphatic rings. The number of amides is 1. The van der Waals surface area contributed by atoms with Gasteiger partial charge in [0.1, 0.15) is 0 Å². The number of aromatic nitrogens is 2. The lowest BCUT2D eigenvalue weighted by Gasteiger charge is -2.28. The Hall–Kier alpha value is -3.23. The average Bonchev–Trinajstić information content (AvgIpc) is 2.81. The van der Waals surface area contributed by atoms with Gasteiger partial charge < -0.3 is 15.4 Å². The zero-order valence-electron chi connectivity index (χ0n) is 17.5. The fourth-order valence-corrected chi connectivity index (χ4v) is 3.31. The topological polar surface area (TPSA) is 96.9 Å². The number of hydrogen-bond donors (Lipinski definition) is 1. The highest BCUT2D eigenvalue weighted by molar-refractivity contribution is 5.99. The van der Waals surface area contributed by atoms with E-state index in [0.29, 0.717) is 32.0 Å². The second-order valence-electron chi connectivity index (χ2n) is 6.92. The predicted octanol–water partition coefficient (Wildman–Crippen LogP) is 1.95. The SMILES string of the molecule is CCOc1nc(N2CCN=C(N)N(C)C(=O)[C@@H](c3ccccc3)C2)nc(CC)c1F. The van der Waals surface area contributed by atoms with Gasteiger partial charge in [0.25, 0.3) is 5.88 Å². The van der Waals surface area contributed by atoms with Gasteiger partial charge in [0.15, 0.2) is 5.96 Å². The summed E-state index contributed by atoms with van der Waals surface area (Å²) >= 11 is 0. The van der Waals surface area contributed by atoms with E-state index >= 15 is 0 Å². The molecule has 0 saturated carbocycles. The smallest absolute Gasteiger partial charge is 0.255 e. The van der Waals surface area contributed by atoms with Crippen molar-refractivity contribution in [2.75, 3.05) is 38.2 Å². The highest BCUT2D eigenvalue weighted by Gasteiger charge is 2.30. The summed E-state index contributed by atoms with van der Waals surface area (Å²) in [5.41, 5.74) is 7.11. The summed E-state index contributed by atoms with van der Waals surface area (Å²) < 4.78 is 19.9. The molecule has 8 nitrogen and oxygen atoms in total. The molecule has 1 atom stereocenters. The first-order chi connectivity index (χ1) is 14.5. The van der Waals surface area contributed by atoms with Crippen molar-refractivity contribution in [1.29, 1.82) is 0 Å². The molecular formula is C21H27FN6O2. The predicted molar refractivity (Wildman–Crippen MR) is 113 cm³/mol. The minimum absolute atomic E-state index is 0.0815. The first-order valence-corrected chi connectivity index (χ1v) is 10.0. The van der Waals surface area contributed by atoms with Crippen molar-refractivity contribution in [2.45, 2.75) is 26.2 Å². The zero-order chi connectivity index (χ0) is 21.7. The second kappa shape index (κ2) is 9.51. The lowest BCUT2D eigenvalue weighted by atomic mass is 9.97. The van der Waals surface area contributed by atoms with Crippen LogP contribution in [0.5, 0.6) is 5.88 Å². The van der Waals surface area contributed by atoms with Crippen molar-refractivity contribution in [3.63, 3.8) is 0 Å². The number of nitrogens with two attached hydrogens (primary N) is 1. The maximum Gasteiger partial charge on any atom is 0.255 e. The number of hydrogen-bond acceptors (Lipinski definition) is 7. The molecule has 0 spiro atoms. The van der Waals surface area contributed by atoms with Gasteiger partial charge in [-0.25, -0.2) is 4.98 Å². The van der Waals surface area contributed by atoms with Gasteiger partial charge in [-0.3, -0.25) is 14.7 Å². The number of likely N-dealkylation sites (N-methyl/N-ethyl adjacent to an activating group) is 1. The van der Waals surface area contributed by atoms with Crippen LogP contribution in [0.2, 0.25) is 0 Å². The number of guanidine groups is 1. The van der Waals surface area contributed by atoms with E-state index in [4.69, 9.17) is 10.5 Å². The van der Waals surface area contributed by atoms with Gasteiger partial charge in [0.2, 0.25) is 17.7 Å². The number of benzene rings is 1. The van der Waals surface area contributed by atoms with Crippen LogP contribution in [0.25, 0.3) is 0 Å². The molecule has 30 heavy (non-hydrogen) atoms. The van der Waals surface area contributed by atoms with Gasteiger partial charge in [-0.05, 0) is 18.9 Å². The van der Waals surface area contributed by atoms with E-state index in [1.165, 1.54) is 4.90 Å². The molecule has 1 amide bonds. The van der Waals surface area contributed by atoms with E-state index in [-0.39, 0.29) is 30.0 Å². The number of carbonyl (C=O) groups excluding carboxylic acids is 1. The summed E-state index contributed by atoms with van der Waals surface area (Å²) in [6.45, 7) is 4.94. The Morgan fingerprint density at radius 1 is 1.23 bits per heavy atom. The molecule has 0 fully saturated rings. The second-order valence-corrected chi connectivity index (χ2v) is 6.92. The minimum Gasteiger partial charge on any atom is -0.476 e. The molecule has 3 rings (SSSR count). The van der Waals surface area contributed by atoms with Crippen molar-refractivity contribution in [3.8, 4) is 5.88 Å². The van der Waals surface area contributed by atoms with E-state index < -0.39 is 11.7 Å². The first-order valence-electron chi connectivity index (χ1n) is 10.0. The number of nitrogens with zero attached hydrogens (tertiary/aromatic N) is 5. The monoisotopic (exact) mass is 414 g/mol. The van der Waals surface area contributed by atoms with Crippen molar-refractivity contribution in [3.05, 3.63) is 47.4 Å². The van der Waals surface area contributed by atoms with Crippen LogP contribution >= 0.6 is 0 Å². The third-order valence-corrected chi connectivity index (χ3v) is 5.00. The van der Waals surface area contributed by atoms with Crippen LogP contribution in [-0.2, 0) is 11.2 Å². The summed E-state index contributed by atoms with van der Waals surface area (Å²) in [5.74, 6) is -0.864. The Labute approximate surface area is 175 Å². The third-order valence-electron chi connectivity index (χ3n) is 5.00. The van der Waals surface area contributed by atoms with Crippen molar-refractivity contribution < 1.29 is 13.9 Å². The van der Waals surface area contributed by atoms with Crippen molar-refractivity contribution >= 4 is 17.8 Å². The Kier molecular flexibility index (Phi) is 6.81. The van der Waals surface area contributed by atoms with Crippen LogP contribution in [0, 0.1) is 5.82 Å². The standard InChI is InChI=1S/C21H27FN6O2/c1-4-16-17(22)18(30-5-2)26-21(25-16)28-12-11-24-20(23)27(3)19(29)15(13-28)14-9-7-6-8-10-14/h6-10,15H,4-5,11-13H2,1-3H3,(H2,23,24)/t15-/m1/s1. The number of anilines is 1. The zero-order valence-corrected chi connectivity index (χ0v) is 17.5. The Bertz CT molecular complexity index is 921. The number of ether oxygens (including phenoxy) is 1. The molecule has 0 bridgehead atoms. The highest BCUT2D eigenvalue weighted by Crippen LogP contribution is 2.26. The fourth-order valence-electron chi connectivity index (χ4n) is 3.31. The quantitative estimate of drug-likeness (QED) is 0.803. The molecule has 160 valence electrons. The normalized spacial score (nSPS) is 17.8. The molecule has 9 heteroatoms. The molecule has 0 unspecified atom stereocenters. The molecule has 1 aliphatic heterocycles. The van der Waals surface area contributed by atoms with Crippen molar-refractivity contribution in [1.82, 2.24) is 14.9 Å². The number of aryl methyl sites for hydroxylation is 1. The summed E-state index contributed by atoms with van der Waals surface area (Å²) in [4.78, 5) is 29.4. The molecule has 2 N–H and O–H groups in total. The lowest BCUT2D eigenvalue weighted by molar-refractivity contribution is -0.127. The van der Waals surface area contributed by atoms with Crippen LogP contribution in [-0.4, -0.2) is 60.0 Å². The summed E-state index contributed by atoms with van der Waals surface area (Å²) in [7, 11) is 1.61. The Morgan fingerprint density at radius 3 is 2.63 bits per heavy atom. The Balaban J connectivity index is 2.05. The van der Waals surface area contributed by atoms with Gasteiger partial charge in [0, 0.05) is 20.1 Å². The van der Waals surface area contributed by atoms with Gasteiger partial charge in [-0.1, -0.05) is 37.3 Å². The van der Waals surface area contributed by atoms with E-state index in [2.05, 4.69) is 15.0 Å². The summed E-state index contributed by atoms with van der Waals surface area (Å²) in [6.07, 6.45) is 0.393. The van der Waals surface area contributed by atoms with E-state index in [1.807, 2.05) is 42.2 Å². The molecule has 1 aromatic heterocycles. The van der Waals surface area contributed by atoms with Crippen LogP contribution in [0.1, 0.15) is 31.0 Å². The molecule has 2 aromatic rings.